The first-order valence-corrected chi connectivity index (χ1v) is 11.4. The zero-order chi connectivity index (χ0) is 19.7. The largest absolute Gasteiger partial charge is 0.273 e. The van der Waals surface area contributed by atoms with Crippen LogP contribution in [0, 0.1) is 0 Å². The number of aromatic nitrogens is 4. The van der Waals surface area contributed by atoms with Crippen molar-refractivity contribution >= 4 is 71.8 Å². The van der Waals surface area contributed by atoms with E-state index < -0.39 is 0 Å². The van der Waals surface area contributed by atoms with E-state index in [1.165, 1.54) is 22.7 Å². The van der Waals surface area contributed by atoms with Gasteiger partial charge in [-0.15, -0.1) is 22.7 Å². The van der Waals surface area contributed by atoms with Gasteiger partial charge in [-0.2, -0.15) is 0 Å². The Balaban J connectivity index is 1.63. The quantitative estimate of drug-likeness (QED) is 0.371. The van der Waals surface area contributed by atoms with E-state index >= 15 is 0 Å². The Labute approximate surface area is 175 Å². The standard InChI is InChI=1S/C22H10N4O2S2/c27-21-11-3-4-12-16-10(18-24-20-14(6-8-30-20)26(18)22(12)28)2-1-9(15(11)16)17-23-19-13(25(17)21)5-7-29-19/h1-3,5-8,12H,4H2. The second-order valence-corrected chi connectivity index (χ2v) is 9.55. The molecule has 0 saturated carbocycles. The number of fused-ring (bicyclic) bond motifs is 8. The molecule has 1 aliphatic carbocycles. The van der Waals surface area contributed by atoms with Crippen LogP contribution in [0.25, 0.3) is 54.6 Å². The summed E-state index contributed by atoms with van der Waals surface area (Å²) in [7, 11) is 0. The minimum atomic E-state index is -0.307. The maximum atomic E-state index is 13.5. The highest BCUT2D eigenvalue weighted by Gasteiger charge is 2.38. The van der Waals surface area contributed by atoms with Gasteiger partial charge in [0, 0.05) is 21.6 Å². The summed E-state index contributed by atoms with van der Waals surface area (Å²) in [6.07, 6.45) is 2.46. The van der Waals surface area contributed by atoms with Crippen LogP contribution < -0.4 is 10.8 Å². The minimum absolute atomic E-state index is 0.0319. The first-order valence-electron chi connectivity index (χ1n) is 9.61. The van der Waals surface area contributed by atoms with Crippen molar-refractivity contribution in [1.82, 2.24) is 18.9 Å². The van der Waals surface area contributed by atoms with Gasteiger partial charge in [-0.1, -0.05) is 12.1 Å². The van der Waals surface area contributed by atoms with Crippen LogP contribution in [0.1, 0.15) is 22.7 Å². The molecule has 0 radical (unpaired) electrons. The van der Waals surface area contributed by atoms with Crippen molar-refractivity contribution in [2.45, 2.75) is 12.3 Å². The number of thiophene rings is 2. The smallest absolute Gasteiger partial charge is 0.264 e. The molecular formula is C22H10N4O2S2. The number of pyridine rings is 1. The summed E-state index contributed by atoms with van der Waals surface area (Å²) in [4.78, 5) is 38.2. The van der Waals surface area contributed by atoms with Gasteiger partial charge in [-0.05, 0) is 40.9 Å². The van der Waals surface area contributed by atoms with Crippen molar-refractivity contribution in [2.24, 2.45) is 0 Å². The molecule has 1 aliphatic heterocycles. The van der Waals surface area contributed by atoms with Gasteiger partial charge in [-0.25, -0.2) is 9.97 Å². The molecule has 142 valence electrons. The molecular weight excluding hydrogens is 416 g/mol. The lowest BCUT2D eigenvalue weighted by molar-refractivity contribution is 0.0882. The van der Waals surface area contributed by atoms with Crippen LogP contribution in [0.3, 0.4) is 0 Å². The molecule has 0 amide bonds. The van der Waals surface area contributed by atoms with E-state index in [0.29, 0.717) is 23.1 Å². The lowest BCUT2D eigenvalue weighted by atomic mass is 9.80. The average Bonchev–Trinajstić information content (AvgIpc) is 3.49. The molecule has 30 heavy (non-hydrogen) atoms. The Bertz CT molecular complexity index is 1890. The summed E-state index contributed by atoms with van der Waals surface area (Å²) >= 11 is 3.07. The second-order valence-electron chi connectivity index (χ2n) is 7.76. The van der Waals surface area contributed by atoms with Crippen molar-refractivity contribution in [3.8, 4) is 11.4 Å². The van der Waals surface area contributed by atoms with Gasteiger partial charge >= 0.3 is 0 Å². The van der Waals surface area contributed by atoms with Crippen molar-refractivity contribution in [3.05, 3.63) is 56.2 Å². The number of imidazole rings is 2. The van der Waals surface area contributed by atoms with Crippen LogP contribution in [0.5, 0.6) is 0 Å². The van der Waals surface area contributed by atoms with Crippen molar-refractivity contribution in [1.29, 1.82) is 0 Å². The summed E-state index contributed by atoms with van der Waals surface area (Å²) in [5.74, 6) is 0.405. The highest BCUT2D eigenvalue weighted by molar-refractivity contribution is 7.17. The Kier molecular flexibility index (Phi) is 2.50. The molecule has 2 aliphatic rings. The van der Waals surface area contributed by atoms with Gasteiger partial charge in [0.25, 0.3) is 5.56 Å². The Hall–Kier alpha value is -3.36. The average molecular weight is 426 g/mol. The van der Waals surface area contributed by atoms with E-state index in [2.05, 4.69) is 0 Å². The third kappa shape index (κ3) is 1.54. The van der Waals surface area contributed by atoms with E-state index in [4.69, 9.17) is 9.97 Å². The molecule has 8 heteroatoms. The van der Waals surface area contributed by atoms with E-state index in [1.807, 2.05) is 41.1 Å². The molecule has 1 aromatic carbocycles. The molecule has 1 unspecified atom stereocenters. The molecule has 8 rings (SSSR count). The molecule has 0 saturated heterocycles. The van der Waals surface area contributed by atoms with Crippen LogP contribution in [0.4, 0.5) is 0 Å². The molecule has 1 atom stereocenters. The van der Waals surface area contributed by atoms with E-state index in [1.54, 1.807) is 8.97 Å². The monoisotopic (exact) mass is 426 g/mol. The van der Waals surface area contributed by atoms with Crippen LogP contribution in [-0.2, 0) is 0 Å². The third-order valence-corrected chi connectivity index (χ3v) is 8.02. The SMILES string of the molecule is O=C1C2CC=c3c(=O)n4c5ccsc5nc4c4ccc(c2c34)-c2nc3sccc3n21. The van der Waals surface area contributed by atoms with Gasteiger partial charge < -0.3 is 0 Å². The maximum absolute atomic E-state index is 13.5. The first kappa shape index (κ1) is 15.5. The number of carbonyl (C=O) groups is 1. The fourth-order valence-electron chi connectivity index (χ4n) is 5.21. The summed E-state index contributed by atoms with van der Waals surface area (Å²) < 4.78 is 3.47. The first-order chi connectivity index (χ1) is 14.7. The van der Waals surface area contributed by atoms with Gasteiger partial charge in [0.2, 0.25) is 5.91 Å². The zero-order valence-electron chi connectivity index (χ0n) is 15.2. The van der Waals surface area contributed by atoms with Crippen LogP contribution in [0.2, 0.25) is 0 Å². The van der Waals surface area contributed by atoms with E-state index in [9.17, 15) is 9.59 Å². The Morgan fingerprint density at radius 2 is 1.77 bits per heavy atom. The molecule has 6 nitrogen and oxygen atoms in total. The molecule has 6 heterocycles. The highest BCUT2D eigenvalue weighted by Crippen LogP contribution is 2.44. The lowest BCUT2D eigenvalue weighted by Gasteiger charge is -2.28. The second kappa shape index (κ2) is 4.85. The molecule has 0 spiro atoms. The van der Waals surface area contributed by atoms with Crippen molar-refractivity contribution in [2.75, 3.05) is 0 Å². The van der Waals surface area contributed by atoms with Gasteiger partial charge in [0.05, 0.1) is 17.0 Å². The summed E-state index contributed by atoms with van der Waals surface area (Å²) in [6.45, 7) is 0. The number of hydrogen-bond acceptors (Lipinski definition) is 6. The minimum Gasteiger partial charge on any atom is -0.273 e. The Morgan fingerprint density at radius 3 is 2.63 bits per heavy atom. The molecule has 0 bridgehead atoms. The van der Waals surface area contributed by atoms with Gasteiger partial charge in [-0.3, -0.25) is 18.6 Å². The third-order valence-electron chi connectivity index (χ3n) is 6.42. The number of hydrogen-bond donors (Lipinski definition) is 0. The predicted octanol–water partition coefficient (Wildman–Crippen LogP) is 3.78. The van der Waals surface area contributed by atoms with Crippen molar-refractivity contribution in [3.63, 3.8) is 0 Å². The molecule has 0 fully saturated rings. The van der Waals surface area contributed by atoms with E-state index in [-0.39, 0.29) is 17.4 Å². The predicted molar refractivity (Wildman–Crippen MR) is 119 cm³/mol. The normalized spacial score (nSPS) is 17.3. The highest BCUT2D eigenvalue weighted by atomic mass is 32.1. The Morgan fingerprint density at radius 1 is 0.967 bits per heavy atom. The van der Waals surface area contributed by atoms with Crippen molar-refractivity contribution < 1.29 is 4.79 Å². The number of benzene rings is 1. The topological polar surface area (TPSA) is 69.3 Å². The fraction of sp³-hybridized carbons (Fsp3) is 0.0909. The van der Waals surface area contributed by atoms with Gasteiger partial charge in [0.15, 0.2) is 0 Å². The summed E-state index contributed by atoms with van der Waals surface area (Å²) in [5.41, 5.74) is 4.20. The van der Waals surface area contributed by atoms with Crippen LogP contribution in [0.15, 0.2) is 39.8 Å². The zero-order valence-corrected chi connectivity index (χ0v) is 16.9. The molecule has 0 N–H and O–H groups in total. The van der Waals surface area contributed by atoms with E-state index in [0.717, 1.165) is 42.6 Å². The van der Waals surface area contributed by atoms with Crippen LogP contribution >= 0.6 is 22.7 Å². The molecule has 6 aromatic rings. The number of rotatable bonds is 0. The van der Waals surface area contributed by atoms with Crippen LogP contribution in [-0.4, -0.2) is 24.8 Å². The lowest BCUT2D eigenvalue weighted by Crippen LogP contribution is -2.37. The number of carbonyl (C=O) groups excluding carboxylic acids is 1. The maximum Gasteiger partial charge on any atom is 0.264 e. The summed E-state index contributed by atoms with van der Waals surface area (Å²) in [6, 6.07) is 7.97. The number of nitrogens with zero attached hydrogens (tertiary/aromatic N) is 4. The molecule has 5 aromatic heterocycles. The van der Waals surface area contributed by atoms with Gasteiger partial charge in [0.1, 0.15) is 21.1 Å². The summed E-state index contributed by atoms with van der Waals surface area (Å²) in [5, 5.41) is 6.37. The fourth-order valence-corrected chi connectivity index (χ4v) is 6.70.